The van der Waals surface area contributed by atoms with E-state index in [0.717, 1.165) is 11.8 Å². The molecule has 0 spiro atoms. The average Bonchev–Trinajstić information content (AvgIpc) is 2.82. The number of fused-ring (bicyclic) bond motifs is 1. The van der Waals surface area contributed by atoms with E-state index in [2.05, 4.69) is 0 Å². The predicted molar refractivity (Wildman–Crippen MR) is 87.8 cm³/mol. The largest absolute Gasteiger partial charge is 0.497 e. The van der Waals surface area contributed by atoms with Gasteiger partial charge in [0.25, 0.3) is 0 Å². The highest BCUT2D eigenvalue weighted by atomic mass is 32.2. The van der Waals surface area contributed by atoms with Crippen LogP contribution in [-0.4, -0.2) is 27.6 Å². The van der Waals surface area contributed by atoms with Crippen molar-refractivity contribution in [1.82, 2.24) is 0 Å². The Morgan fingerprint density at radius 3 is 2.33 bits per heavy atom. The SMILES string of the molecule is COc1ccc(/C=C2\Oc3cc(OS(C)(=O)=O)ccc3C2=O)cc1. The Bertz CT molecular complexity index is 926. The van der Waals surface area contributed by atoms with E-state index in [1.807, 2.05) is 0 Å². The van der Waals surface area contributed by atoms with Crippen LogP contribution in [0.25, 0.3) is 6.08 Å². The van der Waals surface area contributed by atoms with Crippen molar-refractivity contribution in [3.05, 3.63) is 59.4 Å². The number of hydrogen-bond donors (Lipinski definition) is 0. The van der Waals surface area contributed by atoms with Gasteiger partial charge in [0.15, 0.2) is 5.76 Å². The second kappa shape index (κ2) is 6.01. The van der Waals surface area contributed by atoms with Gasteiger partial charge in [-0.25, -0.2) is 0 Å². The van der Waals surface area contributed by atoms with Gasteiger partial charge in [0.05, 0.1) is 18.9 Å². The van der Waals surface area contributed by atoms with E-state index in [4.69, 9.17) is 13.7 Å². The molecule has 0 saturated carbocycles. The highest BCUT2D eigenvalue weighted by Crippen LogP contribution is 2.35. The molecule has 0 aromatic heterocycles. The summed E-state index contributed by atoms with van der Waals surface area (Å²) in [5.41, 5.74) is 1.13. The standard InChI is InChI=1S/C17H14O6S/c1-21-12-5-3-11(4-6-12)9-16-17(18)14-8-7-13(10-15(14)22-16)23-24(2,19)20/h3-10H,1-2H3/b16-9-. The Morgan fingerprint density at radius 1 is 1.04 bits per heavy atom. The van der Waals surface area contributed by atoms with Crippen LogP contribution in [0.15, 0.2) is 48.2 Å². The molecule has 24 heavy (non-hydrogen) atoms. The first-order chi connectivity index (χ1) is 11.4. The van der Waals surface area contributed by atoms with Crippen molar-refractivity contribution < 1.29 is 26.9 Å². The van der Waals surface area contributed by atoms with Crippen molar-refractivity contribution in [2.24, 2.45) is 0 Å². The monoisotopic (exact) mass is 346 g/mol. The molecule has 3 rings (SSSR count). The third-order valence-corrected chi connectivity index (χ3v) is 3.80. The smallest absolute Gasteiger partial charge is 0.306 e. The molecule has 1 aliphatic heterocycles. The summed E-state index contributed by atoms with van der Waals surface area (Å²) < 4.78 is 37.8. The first kappa shape index (κ1) is 16.1. The van der Waals surface area contributed by atoms with Crippen LogP contribution in [0, 0.1) is 0 Å². The number of rotatable bonds is 4. The molecule has 124 valence electrons. The highest BCUT2D eigenvalue weighted by Gasteiger charge is 2.28. The number of methoxy groups -OCH3 is 1. The van der Waals surface area contributed by atoms with Gasteiger partial charge in [0.1, 0.15) is 17.2 Å². The molecule has 0 amide bonds. The van der Waals surface area contributed by atoms with E-state index in [1.165, 1.54) is 18.2 Å². The van der Waals surface area contributed by atoms with Gasteiger partial charge in [-0.15, -0.1) is 0 Å². The first-order valence-electron chi connectivity index (χ1n) is 6.97. The van der Waals surface area contributed by atoms with Crippen molar-refractivity contribution in [3.63, 3.8) is 0 Å². The number of hydrogen-bond acceptors (Lipinski definition) is 6. The van der Waals surface area contributed by atoms with Crippen LogP contribution in [0.1, 0.15) is 15.9 Å². The Hall–Kier alpha value is -2.80. The Kier molecular flexibility index (Phi) is 4.02. The van der Waals surface area contributed by atoms with Gasteiger partial charge in [0.2, 0.25) is 5.78 Å². The van der Waals surface area contributed by atoms with E-state index >= 15 is 0 Å². The Morgan fingerprint density at radius 2 is 1.71 bits per heavy atom. The molecule has 0 N–H and O–H groups in total. The molecule has 0 unspecified atom stereocenters. The molecule has 0 aliphatic carbocycles. The lowest BCUT2D eigenvalue weighted by atomic mass is 10.1. The molecule has 2 aromatic carbocycles. The minimum absolute atomic E-state index is 0.0924. The summed E-state index contributed by atoms with van der Waals surface area (Å²) in [7, 11) is -2.07. The topological polar surface area (TPSA) is 78.9 Å². The summed E-state index contributed by atoms with van der Waals surface area (Å²) in [5, 5.41) is 0. The summed E-state index contributed by atoms with van der Waals surface area (Å²) in [6.07, 6.45) is 2.56. The minimum Gasteiger partial charge on any atom is -0.497 e. The molecule has 0 saturated heterocycles. The molecule has 0 bridgehead atoms. The lowest BCUT2D eigenvalue weighted by Crippen LogP contribution is -2.05. The van der Waals surface area contributed by atoms with Crippen molar-refractivity contribution in [1.29, 1.82) is 0 Å². The molecule has 2 aromatic rings. The molecule has 6 nitrogen and oxygen atoms in total. The lowest BCUT2D eigenvalue weighted by molar-refractivity contribution is 0.101. The van der Waals surface area contributed by atoms with Gasteiger partial charge in [-0.2, -0.15) is 8.42 Å². The van der Waals surface area contributed by atoms with E-state index in [9.17, 15) is 13.2 Å². The fraction of sp³-hybridized carbons (Fsp3) is 0.118. The molecular weight excluding hydrogens is 332 g/mol. The molecule has 1 heterocycles. The zero-order valence-electron chi connectivity index (χ0n) is 13.0. The van der Waals surface area contributed by atoms with Crippen molar-refractivity contribution in [3.8, 4) is 17.2 Å². The number of ketones is 1. The molecule has 0 radical (unpaired) electrons. The minimum atomic E-state index is -3.64. The molecule has 1 aliphatic rings. The zero-order chi connectivity index (χ0) is 17.3. The van der Waals surface area contributed by atoms with Crippen LogP contribution in [0.2, 0.25) is 0 Å². The average molecular weight is 346 g/mol. The normalized spacial score (nSPS) is 15.1. The van der Waals surface area contributed by atoms with Gasteiger partial charge in [-0.1, -0.05) is 12.1 Å². The summed E-state index contributed by atoms with van der Waals surface area (Å²) in [6, 6.07) is 11.4. The third-order valence-electron chi connectivity index (χ3n) is 3.30. The Balaban J connectivity index is 1.88. The summed E-state index contributed by atoms with van der Waals surface area (Å²) >= 11 is 0. The summed E-state index contributed by atoms with van der Waals surface area (Å²) in [6.45, 7) is 0. The maximum absolute atomic E-state index is 12.3. The van der Waals surface area contributed by atoms with Gasteiger partial charge in [-0.3, -0.25) is 4.79 Å². The number of benzene rings is 2. The molecule has 0 atom stereocenters. The molecule has 7 heteroatoms. The van der Waals surface area contributed by atoms with E-state index in [1.54, 1.807) is 37.5 Å². The van der Waals surface area contributed by atoms with E-state index in [-0.39, 0.29) is 23.0 Å². The van der Waals surface area contributed by atoms with E-state index in [0.29, 0.717) is 11.3 Å². The molecule has 0 fully saturated rings. The van der Waals surface area contributed by atoms with Gasteiger partial charge in [0, 0.05) is 6.07 Å². The van der Waals surface area contributed by atoms with Crippen molar-refractivity contribution >= 4 is 22.0 Å². The number of ether oxygens (including phenoxy) is 2. The number of allylic oxidation sites excluding steroid dienone is 1. The van der Waals surface area contributed by atoms with Crippen LogP contribution in [0.4, 0.5) is 0 Å². The predicted octanol–water partition coefficient (Wildman–Crippen LogP) is 2.65. The van der Waals surface area contributed by atoms with Gasteiger partial charge >= 0.3 is 10.1 Å². The summed E-state index contributed by atoms with van der Waals surface area (Å²) in [5.74, 6) is 0.954. The maximum Gasteiger partial charge on any atom is 0.306 e. The lowest BCUT2D eigenvalue weighted by Gasteiger charge is -2.04. The Labute approximate surface area is 139 Å². The first-order valence-corrected chi connectivity index (χ1v) is 8.79. The van der Waals surface area contributed by atoms with Crippen LogP contribution in [0.3, 0.4) is 0 Å². The third kappa shape index (κ3) is 3.41. The van der Waals surface area contributed by atoms with Gasteiger partial charge < -0.3 is 13.7 Å². The van der Waals surface area contributed by atoms with Crippen LogP contribution >= 0.6 is 0 Å². The van der Waals surface area contributed by atoms with Crippen molar-refractivity contribution in [2.45, 2.75) is 0 Å². The second-order valence-electron chi connectivity index (χ2n) is 5.16. The van der Waals surface area contributed by atoms with Crippen LogP contribution < -0.4 is 13.7 Å². The van der Waals surface area contributed by atoms with Crippen LogP contribution in [-0.2, 0) is 10.1 Å². The second-order valence-corrected chi connectivity index (χ2v) is 6.73. The zero-order valence-corrected chi connectivity index (χ0v) is 13.8. The molecular formula is C17H14O6S. The highest BCUT2D eigenvalue weighted by molar-refractivity contribution is 7.86. The number of carbonyl (C=O) groups excluding carboxylic acids is 1. The van der Waals surface area contributed by atoms with E-state index < -0.39 is 10.1 Å². The van der Waals surface area contributed by atoms with Gasteiger partial charge in [-0.05, 0) is 35.9 Å². The fourth-order valence-corrected chi connectivity index (χ4v) is 2.70. The quantitative estimate of drug-likeness (QED) is 0.625. The maximum atomic E-state index is 12.3. The van der Waals surface area contributed by atoms with Crippen molar-refractivity contribution in [2.75, 3.05) is 13.4 Å². The number of Topliss-reactive ketones (excluding diaryl/α,β-unsaturated/α-hetero) is 1. The summed E-state index contributed by atoms with van der Waals surface area (Å²) in [4.78, 5) is 12.3. The van der Waals surface area contributed by atoms with Crippen LogP contribution in [0.5, 0.6) is 17.2 Å². The number of carbonyl (C=O) groups is 1. The fourth-order valence-electron chi connectivity index (χ4n) is 2.25.